The molecule has 0 atom stereocenters. The van der Waals surface area contributed by atoms with E-state index in [9.17, 15) is 19.5 Å². The number of hydrogen-bond donors (Lipinski definition) is 3. The third-order valence-electron chi connectivity index (χ3n) is 5.48. The number of esters is 1. The number of carbonyl (C=O) groups excluding carboxylic acids is 3. The van der Waals surface area contributed by atoms with E-state index in [2.05, 4.69) is 10.6 Å². The molecular formula is C27H25N3O6. The molecular weight excluding hydrogens is 462 g/mol. The fourth-order valence-electron chi connectivity index (χ4n) is 3.67. The summed E-state index contributed by atoms with van der Waals surface area (Å²) in [4.78, 5) is 39.1. The highest BCUT2D eigenvalue weighted by molar-refractivity contribution is 6.09. The highest BCUT2D eigenvalue weighted by Gasteiger charge is 2.34. The first-order valence-corrected chi connectivity index (χ1v) is 11.2. The smallest absolute Gasteiger partial charge is 0.337 e. The zero-order chi connectivity index (χ0) is 25.5. The standard InChI is InChI=1S/C27H25N3O6/c1-35-27(34)21-17-30(15-16-31)26(33)24(21)28-19-13-11-18(12-14-19)25(32)29-22-9-5-6-10-23(22)36-20-7-3-2-4-8-20/h2-14,28,31H,15-17H2,1H3,(H,29,32). The topological polar surface area (TPSA) is 117 Å². The van der Waals surface area contributed by atoms with Crippen LogP contribution in [0.15, 0.2) is 90.1 Å². The van der Waals surface area contributed by atoms with Gasteiger partial charge >= 0.3 is 5.97 Å². The van der Waals surface area contributed by atoms with E-state index in [4.69, 9.17) is 9.47 Å². The van der Waals surface area contributed by atoms with Crippen LogP contribution in [0.25, 0.3) is 0 Å². The Hall–Kier alpha value is -4.63. The van der Waals surface area contributed by atoms with E-state index in [1.54, 1.807) is 42.5 Å². The van der Waals surface area contributed by atoms with E-state index < -0.39 is 11.9 Å². The summed E-state index contributed by atoms with van der Waals surface area (Å²) >= 11 is 0. The molecule has 1 heterocycles. The molecule has 0 radical (unpaired) electrons. The Morgan fingerprint density at radius 3 is 2.36 bits per heavy atom. The molecule has 2 amide bonds. The van der Waals surface area contributed by atoms with Crippen molar-refractivity contribution in [2.75, 3.05) is 37.4 Å². The predicted octanol–water partition coefficient (Wildman–Crippen LogP) is 3.40. The lowest BCUT2D eigenvalue weighted by atomic mass is 10.1. The van der Waals surface area contributed by atoms with Gasteiger partial charge in [-0.25, -0.2) is 4.79 Å². The average molecular weight is 488 g/mol. The van der Waals surface area contributed by atoms with Crippen LogP contribution in [0.3, 0.4) is 0 Å². The molecule has 0 saturated heterocycles. The maximum atomic E-state index is 12.9. The third kappa shape index (κ3) is 5.53. The van der Waals surface area contributed by atoms with Gasteiger partial charge in [0.25, 0.3) is 11.8 Å². The molecule has 0 aromatic heterocycles. The van der Waals surface area contributed by atoms with Gasteiger partial charge in [-0.2, -0.15) is 0 Å². The molecule has 3 aromatic rings. The Labute approximate surface area is 208 Å². The number of carbonyl (C=O) groups is 3. The Bertz CT molecular complexity index is 1290. The molecule has 0 aliphatic carbocycles. The summed E-state index contributed by atoms with van der Waals surface area (Å²) < 4.78 is 10.7. The molecule has 36 heavy (non-hydrogen) atoms. The summed E-state index contributed by atoms with van der Waals surface area (Å²) in [5.41, 5.74) is 1.67. The lowest BCUT2D eigenvalue weighted by molar-refractivity contribution is -0.136. The fraction of sp³-hybridized carbons (Fsp3) is 0.148. The molecule has 0 fully saturated rings. The van der Waals surface area contributed by atoms with Crippen molar-refractivity contribution in [3.05, 3.63) is 95.7 Å². The van der Waals surface area contributed by atoms with Crippen molar-refractivity contribution in [1.29, 1.82) is 0 Å². The minimum atomic E-state index is -0.626. The van der Waals surface area contributed by atoms with Crippen LogP contribution in [0.2, 0.25) is 0 Å². The van der Waals surface area contributed by atoms with Gasteiger partial charge in [-0.3, -0.25) is 9.59 Å². The van der Waals surface area contributed by atoms with Gasteiger partial charge in [-0.05, 0) is 48.5 Å². The van der Waals surface area contributed by atoms with Crippen molar-refractivity contribution >= 4 is 29.2 Å². The van der Waals surface area contributed by atoms with Crippen LogP contribution in [-0.4, -0.2) is 54.6 Å². The predicted molar refractivity (Wildman–Crippen MR) is 134 cm³/mol. The minimum absolute atomic E-state index is 0.0410. The summed E-state index contributed by atoms with van der Waals surface area (Å²) in [6.45, 7) is -0.0881. The van der Waals surface area contributed by atoms with Gasteiger partial charge in [-0.15, -0.1) is 0 Å². The second kappa shape index (κ2) is 11.2. The summed E-state index contributed by atoms with van der Waals surface area (Å²) in [6.07, 6.45) is 0. The van der Waals surface area contributed by atoms with Crippen LogP contribution in [-0.2, 0) is 14.3 Å². The molecule has 9 heteroatoms. The van der Waals surface area contributed by atoms with Gasteiger partial charge in [-0.1, -0.05) is 30.3 Å². The number of nitrogens with zero attached hydrogens (tertiary/aromatic N) is 1. The van der Waals surface area contributed by atoms with E-state index in [1.807, 2.05) is 36.4 Å². The van der Waals surface area contributed by atoms with Gasteiger partial charge < -0.3 is 30.1 Å². The zero-order valence-electron chi connectivity index (χ0n) is 19.6. The van der Waals surface area contributed by atoms with E-state index in [0.29, 0.717) is 28.4 Å². The number of amides is 2. The van der Waals surface area contributed by atoms with Gasteiger partial charge in [0.2, 0.25) is 0 Å². The maximum absolute atomic E-state index is 12.9. The Kier molecular flexibility index (Phi) is 7.62. The number of β-amino-alcohol motifs (C(OH)–C–C–N with tert-alkyl or cyclic N) is 1. The first kappa shape index (κ1) is 24.5. The van der Waals surface area contributed by atoms with Gasteiger partial charge in [0.1, 0.15) is 11.4 Å². The molecule has 0 saturated carbocycles. The highest BCUT2D eigenvalue weighted by Crippen LogP contribution is 2.30. The molecule has 1 aliphatic heterocycles. The number of anilines is 2. The molecule has 1 aliphatic rings. The summed E-state index contributed by atoms with van der Waals surface area (Å²) in [6, 6.07) is 22.8. The van der Waals surface area contributed by atoms with Crippen LogP contribution in [0, 0.1) is 0 Å². The lowest BCUT2D eigenvalue weighted by Gasteiger charge is -2.15. The van der Waals surface area contributed by atoms with E-state index in [0.717, 1.165) is 0 Å². The second-order valence-electron chi connectivity index (χ2n) is 7.86. The largest absolute Gasteiger partial charge is 0.466 e. The van der Waals surface area contributed by atoms with E-state index in [-0.39, 0.29) is 36.9 Å². The monoisotopic (exact) mass is 487 g/mol. The third-order valence-corrected chi connectivity index (χ3v) is 5.48. The van der Waals surface area contributed by atoms with Crippen molar-refractivity contribution in [1.82, 2.24) is 4.90 Å². The number of methoxy groups -OCH3 is 1. The van der Waals surface area contributed by atoms with Crippen LogP contribution in [0.4, 0.5) is 11.4 Å². The molecule has 3 aromatic carbocycles. The SMILES string of the molecule is COC(=O)C1=C(Nc2ccc(C(=O)Nc3ccccc3Oc3ccccc3)cc2)C(=O)N(CCO)C1. The summed E-state index contributed by atoms with van der Waals surface area (Å²) in [5, 5.41) is 15.0. The van der Waals surface area contributed by atoms with Crippen LogP contribution < -0.4 is 15.4 Å². The van der Waals surface area contributed by atoms with Crippen molar-refractivity contribution in [3.8, 4) is 11.5 Å². The number of aliphatic hydroxyl groups is 1. The minimum Gasteiger partial charge on any atom is -0.466 e. The Morgan fingerprint density at radius 2 is 1.67 bits per heavy atom. The van der Waals surface area contributed by atoms with Gasteiger partial charge in [0.05, 0.1) is 31.5 Å². The Morgan fingerprint density at radius 1 is 0.972 bits per heavy atom. The normalized spacial score (nSPS) is 12.9. The average Bonchev–Trinajstić information content (AvgIpc) is 3.20. The van der Waals surface area contributed by atoms with E-state index >= 15 is 0 Å². The quantitative estimate of drug-likeness (QED) is 0.396. The fourth-order valence-corrected chi connectivity index (χ4v) is 3.67. The summed E-state index contributed by atoms with van der Waals surface area (Å²) in [7, 11) is 1.24. The van der Waals surface area contributed by atoms with Gasteiger partial charge in [0.15, 0.2) is 5.75 Å². The van der Waals surface area contributed by atoms with Crippen molar-refractivity contribution < 1.29 is 29.0 Å². The number of hydrogen-bond acceptors (Lipinski definition) is 7. The van der Waals surface area contributed by atoms with Crippen molar-refractivity contribution in [2.24, 2.45) is 0 Å². The molecule has 3 N–H and O–H groups in total. The van der Waals surface area contributed by atoms with Crippen LogP contribution in [0.5, 0.6) is 11.5 Å². The number of para-hydroxylation sites is 3. The molecule has 4 rings (SSSR count). The molecule has 0 spiro atoms. The first-order valence-electron chi connectivity index (χ1n) is 11.2. The highest BCUT2D eigenvalue weighted by atomic mass is 16.5. The van der Waals surface area contributed by atoms with Crippen molar-refractivity contribution in [3.63, 3.8) is 0 Å². The number of nitrogens with one attached hydrogen (secondary N) is 2. The van der Waals surface area contributed by atoms with Gasteiger partial charge in [0, 0.05) is 17.8 Å². The second-order valence-corrected chi connectivity index (χ2v) is 7.86. The lowest BCUT2D eigenvalue weighted by Crippen LogP contribution is -2.31. The van der Waals surface area contributed by atoms with Crippen LogP contribution in [0.1, 0.15) is 10.4 Å². The first-order chi connectivity index (χ1) is 17.5. The van der Waals surface area contributed by atoms with Crippen LogP contribution >= 0.6 is 0 Å². The molecule has 184 valence electrons. The number of aliphatic hydroxyl groups excluding tert-OH is 1. The molecule has 0 bridgehead atoms. The maximum Gasteiger partial charge on any atom is 0.337 e. The number of benzene rings is 3. The number of rotatable bonds is 9. The van der Waals surface area contributed by atoms with Crippen molar-refractivity contribution in [2.45, 2.75) is 0 Å². The number of ether oxygens (including phenoxy) is 2. The molecule has 9 nitrogen and oxygen atoms in total. The van der Waals surface area contributed by atoms with E-state index in [1.165, 1.54) is 12.0 Å². The Balaban J connectivity index is 1.47. The summed E-state index contributed by atoms with van der Waals surface area (Å²) in [5.74, 6) is -0.231. The zero-order valence-corrected chi connectivity index (χ0v) is 19.6. The molecule has 0 unspecified atom stereocenters.